The SMILES string of the molecule is CCN1CCN(c2ccc(C(=O)NI(C(=O)N3C[C@H](OC)C4(CC4C)[C@H]3C(=O)CO)C3CCCC3)cc2)CC1. The summed E-state index contributed by atoms with van der Waals surface area (Å²) in [6, 6.07) is 7.05. The third-order valence-corrected chi connectivity index (χ3v) is 15.1. The Kier molecular flexibility index (Phi) is 8.85. The second kappa shape index (κ2) is 12.0. The van der Waals surface area contributed by atoms with Gasteiger partial charge in [0.2, 0.25) is 0 Å². The first kappa shape index (κ1) is 28.8. The maximum atomic E-state index is 14.2. The van der Waals surface area contributed by atoms with Crippen LogP contribution in [0.25, 0.3) is 0 Å². The summed E-state index contributed by atoms with van der Waals surface area (Å²) in [5, 5.41) is 9.80. The van der Waals surface area contributed by atoms with Crippen LogP contribution in [0.3, 0.4) is 0 Å². The van der Waals surface area contributed by atoms with Crippen LogP contribution in [0.2, 0.25) is 0 Å². The van der Waals surface area contributed by atoms with Gasteiger partial charge in [-0.25, -0.2) is 0 Å². The van der Waals surface area contributed by atoms with E-state index in [0.29, 0.717) is 12.1 Å². The van der Waals surface area contributed by atoms with Crippen molar-refractivity contribution >= 4 is 41.4 Å². The van der Waals surface area contributed by atoms with Crippen LogP contribution in [0.1, 0.15) is 56.3 Å². The first-order chi connectivity index (χ1) is 18.8. The number of carbonyl (C=O) groups excluding carboxylic acids is 3. The molecule has 39 heavy (non-hydrogen) atoms. The number of amides is 2. The van der Waals surface area contributed by atoms with Crippen LogP contribution in [-0.2, 0) is 9.53 Å². The molecule has 2 aliphatic heterocycles. The monoisotopic (exact) mass is 654 g/mol. The number of piperazine rings is 1. The third-order valence-electron chi connectivity index (χ3n) is 9.44. The molecule has 1 aromatic rings. The van der Waals surface area contributed by atoms with E-state index in [1.807, 2.05) is 24.3 Å². The van der Waals surface area contributed by atoms with E-state index in [1.54, 1.807) is 12.0 Å². The predicted octanol–water partition coefficient (Wildman–Crippen LogP) is 3.33. The average molecular weight is 655 g/mol. The number of likely N-dealkylation sites (N-methyl/N-ethyl adjacent to an activating group) is 1. The number of aliphatic hydroxyl groups excluding tert-OH is 1. The first-order valence-electron chi connectivity index (χ1n) is 14.4. The van der Waals surface area contributed by atoms with E-state index >= 15 is 0 Å². The Morgan fingerprint density at radius 2 is 1.74 bits per heavy atom. The Morgan fingerprint density at radius 1 is 1.10 bits per heavy atom. The number of carbonyl (C=O) groups is 3. The van der Waals surface area contributed by atoms with Crippen molar-refractivity contribution in [2.24, 2.45) is 11.3 Å². The molecule has 0 bridgehead atoms. The van der Waals surface area contributed by atoms with Crippen molar-refractivity contribution in [3.8, 4) is 0 Å². The second-order valence-electron chi connectivity index (χ2n) is 11.5. The number of alkyl halides is 1. The zero-order valence-electron chi connectivity index (χ0n) is 23.4. The summed E-state index contributed by atoms with van der Waals surface area (Å²) in [5.41, 5.74) is 1.25. The van der Waals surface area contributed by atoms with Gasteiger partial charge in [-0.2, -0.15) is 0 Å². The number of hydrogen-bond acceptors (Lipinski definition) is 7. The molecule has 4 fully saturated rings. The van der Waals surface area contributed by atoms with Gasteiger partial charge < -0.3 is 0 Å². The topological polar surface area (TPSA) is 102 Å². The van der Waals surface area contributed by atoms with E-state index in [1.165, 1.54) is 0 Å². The van der Waals surface area contributed by atoms with Gasteiger partial charge >= 0.3 is 240 Å². The molecule has 4 atom stereocenters. The number of rotatable bonds is 9. The van der Waals surface area contributed by atoms with Crippen LogP contribution in [0.4, 0.5) is 10.5 Å². The molecule has 2 heterocycles. The van der Waals surface area contributed by atoms with E-state index in [2.05, 4.69) is 27.2 Å². The fourth-order valence-corrected chi connectivity index (χ4v) is 12.5. The molecule has 0 radical (unpaired) electrons. The van der Waals surface area contributed by atoms with E-state index in [9.17, 15) is 19.5 Å². The minimum absolute atomic E-state index is 0.0744. The van der Waals surface area contributed by atoms with Gasteiger partial charge in [0.1, 0.15) is 0 Å². The summed E-state index contributed by atoms with van der Waals surface area (Å²) in [6.07, 6.45) is 4.55. The maximum absolute atomic E-state index is 14.2. The van der Waals surface area contributed by atoms with Crippen LogP contribution in [0.5, 0.6) is 0 Å². The van der Waals surface area contributed by atoms with Crippen molar-refractivity contribution in [2.45, 2.75) is 62.0 Å². The van der Waals surface area contributed by atoms with Gasteiger partial charge in [-0.05, 0) is 0 Å². The second-order valence-corrected chi connectivity index (χ2v) is 16.5. The van der Waals surface area contributed by atoms with Crippen LogP contribution in [0.15, 0.2) is 24.3 Å². The molecule has 2 aliphatic carbocycles. The van der Waals surface area contributed by atoms with Crippen LogP contribution in [-0.4, -0.2) is 99.6 Å². The number of ether oxygens (including phenoxy) is 1. The van der Waals surface area contributed by atoms with Crippen molar-refractivity contribution in [1.29, 1.82) is 0 Å². The third kappa shape index (κ3) is 5.46. The number of benzene rings is 1. The molecule has 2 unspecified atom stereocenters. The normalized spacial score (nSPS) is 29.6. The molecule has 9 nitrogen and oxygen atoms in total. The zero-order chi connectivity index (χ0) is 27.7. The molecule has 1 spiro atoms. The van der Waals surface area contributed by atoms with Gasteiger partial charge in [-0.3, -0.25) is 0 Å². The van der Waals surface area contributed by atoms with Crippen LogP contribution >= 0.6 is 20.1 Å². The fraction of sp³-hybridized carbons (Fsp3) is 0.690. The minimum atomic E-state index is -2.74. The molecule has 5 rings (SSSR count). The summed E-state index contributed by atoms with van der Waals surface area (Å²) >= 11 is -2.74. The number of aliphatic hydroxyl groups is 1. The molecule has 2 saturated heterocycles. The Bertz CT molecular complexity index is 1060. The van der Waals surface area contributed by atoms with Crippen molar-refractivity contribution in [2.75, 3.05) is 57.9 Å². The van der Waals surface area contributed by atoms with Gasteiger partial charge in [0.15, 0.2) is 0 Å². The Balaban J connectivity index is 1.33. The molecule has 2 N–H and O–H groups in total. The fourth-order valence-electron chi connectivity index (χ4n) is 7.00. The van der Waals surface area contributed by atoms with E-state index in [4.69, 9.17) is 4.74 Å². The number of nitrogens with one attached hydrogen (secondary N) is 1. The van der Waals surface area contributed by atoms with Gasteiger partial charge in [-0.1, -0.05) is 0 Å². The summed E-state index contributed by atoms with van der Waals surface area (Å²) in [7, 11) is 1.63. The van der Waals surface area contributed by atoms with Gasteiger partial charge in [-0.15, -0.1) is 0 Å². The zero-order valence-corrected chi connectivity index (χ0v) is 25.6. The number of Topliss-reactive ketones (excluding diaryl/α,β-unsaturated/α-hetero) is 1. The molecular formula is C29H43IN4O5. The van der Waals surface area contributed by atoms with E-state index in [-0.39, 0.29) is 31.6 Å². The standard InChI is InChI=1S/C29H43IN4O5/c1-4-32-13-15-33(16-14-32)23-11-9-21(10-12-23)27(37)31-30(22-7-5-6-8-22)28(38)34-18-25(39-3)29(17-20(29)2)26(34)24(36)19-35/h9-12,20,22,25-26,35H,4-8,13-19H2,1-3H3,(H,31,37)/t20?,25-,26+,29?/m0/s1. The van der Waals surface area contributed by atoms with Gasteiger partial charge in [0.25, 0.3) is 0 Å². The van der Waals surface area contributed by atoms with E-state index in [0.717, 1.165) is 70.5 Å². The number of anilines is 1. The van der Waals surface area contributed by atoms with Crippen molar-refractivity contribution in [3.63, 3.8) is 0 Å². The summed E-state index contributed by atoms with van der Waals surface area (Å²) in [4.78, 5) is 47.2. The van der Waals surface area contributed by atoms with Crippen molar-refractivity contribution in [3.05, 3.63) is 29.8 Å². The number of methoxy groups -OCH3 is 1. The molecule has 216 valence electrons. The molecule has 1 aromatic carbocycles. The molecule has 10 heteroatoms. The number of halogens is 1. The van der Waals surface area contributed by atoms with Gasteiger partial charge in [0, 0.05) is 0 Å². The predicted molar refractivity (Wildman–Crippen MR) is 160 cm³/mol. The van der Waals surface area contributed by atoms with Crippen LogP contribution in [0, 0.1) is 11.3 Å². The molecule has 4 aliphatic rings. The molecule has 2 amide bonds. The molecule has 2 saturated carbocycles. The van der Waals surface area contributed by atoms with E-state index < -0.39 is 38.2 Å². The van der Waals surface area contributed by atoms with Gasteiger partial charge in [0.05, 0.1) is 0 Å². The van der Waals surface area contributed by atoms with Crippen molar-refractivity contribution < 1.29 is 24.2 Å². The summed E-state index contributed by atoms with van der Waals surface area (Å²) < 4.78 is 9.12. The van der Waals surface area contributed by atoms with Crippen molar-refractivity contribution in [1.82, 2.24) is 13.3 Å². The molecular weight excluding hydrogens is 611 g/mol. The van der Waals surface area contributed by atoms with Crippen LogP contribution < -0.4 is 8.43 Å². The number of nitrogens with zero attached hydrogens (tertiary/aromatic N) is 3. The Hall–Kier alpha value is -1.76. The number of ketones is 1. The quantitative estimate of drug-likeness (QED) is 0.139. The number of hydrogen-bond donors (Lipinski definition) is 2. The molecule has 0 aromatic heterocycles. The number of likely N-dealkylation sites (tertiary alicyclic amines) is 1. The Labute approximate surface area is 239 Å². The average Bonchev–Trinajstić information content (AvgIpc) is 3.29. The summed E-state index contributed by atoms with van der Waals surface area (Å²) in [5.74, 6) is -0.284. The summed E-state index contributed by atoms with van der Waals surface area (Å²) in [6.45, 7) is 9.10. The first-order valence-corrected chi connectivity index (χ1v) is 17.8. The Morgan fingerprint density at radius 3 is 2.28 bits per heavy atom.